The molecule has 47 heavy (non-hydrogen) atoms. The molecule has 0 N–H and O–H groups in total. The monoisotopic (exact) mass is 649 g/mol. The van der Waals surface area contributed by atoms with E-state index < -0.39 is 36.4 Å². The minimum Gasteiger partial charge on any atom is -0.461 e. The van der Waals surface area contributed by atoms with Crippen LogP contribution in [0.25, 0.3) is 32.9 Å². The van der Waals surface area contributed by atoms with Gasteiger partial charge in [0.1, 0.15) is 32.5 Å². The van der Waals surface area contributed by atoms with E-state index in [2.05, 4.69) is 21.4 Å². The fourth-order valence-electron chi connectivity index (χ4n) is 8.58. The molecular weight excluding hydrogens is 614 g/mol. The molecule has 0 radical (unpaired) electrons. The van der Waals surface area contributed by atoms with Crippen molar-refractivity contribution in [3.05, 3.63) is 60.3 Å². The molecule has 0 unspecified atom stereocenters. The molecule has 0 amide bonds. The van der Waals surface area contributed by atoms with Gasteiger partial charge in [0, 0.05) is 36.2 Å². The van der Waals surface area contributed by atoms with E-state index >= 15 is 13.2 Å². The molecular formula is C35H33F4N5O3. The lowest BCUT2D eigenvalue weighted by molar-refractivity contribution is 0.0649. The summed E-state index contributed by atoms with van der Waals surface area (Å²) in [6.07, 6.45) is 4.32. The van der Waals surface area contributed by atoms with Gasteiger partial charge in [0.25, 0.3) is 0 Å². The predicted molar refractivity (Wildman–Crippen MR) is 167 cm³/mol. The molecule has 2 saturated carbocycles. The van der Waals surface area contributed by atoms with Crippen LogP contribution in [0.4, 0.5) is 23.4 Å². The Morgan fingerprint density at radius 3 is 2.81 bits per heavy atom. The van der Waals surface area contributed by atoms with Crippen molar-refractivity contribution in [3.63, 3.8) is 0 Å². The first kappa shape index (κ1) is 27.0. The normalized spacial score (nSPS) is 28.6. The summed E-state index contributed by atoms with van der Waals surface area (Å²) < 4.78 is 92.5. The van der Waals surface area contributed by atoms with Gasteiger partial charge in [0.05, 0.1) is 30.2 Å². The zero-order valence-electron chi connectivity index (χ0n) is 27.4. The van der Waals surface area contributed by atoms with Crippen LogP contribution in [0.5, 0.6) is 11.8 Å². The molecule has 9 rings (SSSR count). The highest BCUT2D eigenvalue weighted by Gasteiger charge is 2.67. The molecule has 3 aliphatic heterocycles. The number of anilines is 1. The highest BCUT2D eigenvalue weighted by molar-refractivity contribution is 6.02. The molecule has 2 aliphatic carbocycles. The van der Waals surface area contributed by atoms with Crippen molar-refractivity contribution in [2.24, 2.45) is 11.3 Å². The van der Waals surface area contributed by atoms with E-state index in [9.17, 15) is 4.39 Å². The van der Waals surface area contributed by atoms with E-state index in [1.165, 1.54) is 18.3 Å². The van der Waals surface area contributed by atoms with Crippen molar-refractivity contribution in [1.29, 1.82) is 0 Å². The number of hydrogen-bond donors (Lipinski definition) is 0. The number of rotatable bonds is 7. The summed E-state index contributed by atoms with van der Waals surface area (Å²) in [4.78, 5) is 18.0. The number of ether oxygens (including phenoxy) is 3. The smallest absolute Gasteiger partial charge is 0.319 e. The Bertz CT molecular complexity index is 2040. The number of fused-ring (bicyclic) bond motifs is 5. The average molecular weight is 650 g/mol. The largest absolute Gasteiger partial charge is 0.461 e. The summed E-state index contributed by atoms with van der Waals surface area (Å²) >= 11 is 0. The number of nitrogens with zero attached hydrogens (tertiary/aromatic N) is 5. The lowest BCUT2D eigenvalue weighted by Crippen LogP contribution is -2.49. The molecule has 5 fully saturated rings. The predicted octanol–water partition coefficient (Wildman–Crippen LogP) is 6.17. The van der Waals surface area contributed by atoms with Crippen LogP contribution in [-0.2, 0) is 4.74 Å². The Morgan fingerprint density at radius 1 is 1.11 bits per heavy atom. The molecule has 4 atom stereocenters. The van der Waals surface area contributed by atoms with Crippen molar-refractivity contribution in [1.82, 2.24) is 19.9 Å². The van der Waals surface area contributed by atoms with Gasteiger partial charge in [-0.1, -0.05) is 36.4 Å². The van der Waals surface area contributed by atoms with Crippen molar-refractivity contribution >= 4 is 27.5 Å². The number of pyridine rings is 1. The van der Waals surface area contributed by atoms with Crippen LogP contribution < -0.4 is 14.4 Å². The van der Waals surface area contributed by atoms with E-state index in [1.54, 1.807) is 17.0 Å². The summed E-state index contributed by atoms with van der Waals surface area (Å²) in [5.74, 6) is -2.72. The maximum atomic E-state index is 17.0. The van der Waals surface area contributed by atoms with E-state index in [0.717, 1.165) is 50.4 Å². The van der Waals surface area contributed by atoms with Gasteiger partial charge in [-0.25, -0.2) is 17.6 Å². The van der Waals surface area contributed by atoms with Crippen LogP contribution in [0, 0.1) is 23.0 Å². The topological polar surface area (TPSA) is 72.8 Å². The van der Waals surface area contributed by atoms with E-state index in [4.69, 9.17) is 21.9 Å². The molecule has 2 aromatic heterocycles. The molecule has 8 nitrogen and oxygen atoms in total. The van der Waals surface area contributed by atoms with Gasteiger partial charge in [-0.15, -0.1) is 0 Å². The van der Waals surface area contributed by atoms with Crippen LogP contribution in [-0.4, -0.2) is 83.9 Å². The van der Waals surface area contributed by atoms with Gasteiger partial charge in [-0.2, -0.15) is 9.97 Å². The molecule has 1 spiro atoms. The van der Waals surface area contributed by atoms with Gasteiger partial charge in [-0.3, -0.25) is 9.88 Å². The summed E-state index contributed by atoms with van der Waals surface area (Å²) in [7, 11) is 0. The first-order valence-electron chi connectivity index (χ1n) is 17.0. The number of alkyl halides is 2. The first-order valence-corrected chi connectivity index (χ1v) is 16.0. The van der Waals surface area contributed by atoms with E-state index in [0.29, 0.717) is 18.5 Å². The first-order chi connectivity index (χ1) is 23.5. The van der Waals surface area contributed by atoms with Gasteiger partial charge >= 0.3 is 6.01 Å². The second kappa shape index (κ2) is 10.5. The average Bonchev–Trinajstić information content (AvgIpc) is 3.94. The number of aromatic nitrogens is 3. The zero-order valence-corrected chi connectivity index (χ0v) is 25.4. The lowest BCUT2D eigenvalue weighted by Gasteiger charge is -2.37. The molecule has 4 aromatic rings. The van der Waals surface area contributed by atoms with Crippen molar-refractivity contribution in [3.8, 4) is 23.0 Å². The Labute approximate surface area is 271 Å². The SMILES string of the molecule is [2H]C([2H])(F)Oc1c(F)ccc2cccc(-c3ncc4c(N5CCOC[C@H]6[C@H](F)[C@H]65)nc(OC[C@]56CC(=C)CN5CCC65CC5)nc4c3F)c12. The van der Waals surface area contributed by atoms with Crippen molar-refractivity contribution < 1.29 is 34.5 Å². The fraction of sp³-hybridized carbons (Fsp3) is 0.457. The van der Waals surface area contributed by atoms with Crippen LogP contribution >= 0.6 is 0 Å². The fourth-order valence-corrected chi connectivity index (χ4v) is 8.58. The molecule has 5 aliphatic rings. The van der Waals surface area contributed by atoms with Gasteiger partial charge in [-0.05, 0) is 49.1 Å². The number of halogens is 4. The Balaban J connectivity index is 1.19. The van der Waals surface area contributed by atoms with Crippen molar-refractivity contribution in [2.75, 3.05) is 51.2 Å². The van der Waals surface area contributed by atoms with Gasteiger partial charge in [0.15, 0.2) is 17.4 Å². The molecule has 2 aromatic carbocycles. The van der Waals surface area contributed by atoms with E-state index in [-0.39, 0.29) is 69.5 Å². The highest BCUT2D eigenvalue weighted by atomic mass is 19.1. The quantitative estimate of drug-likeness (QED) is 0.174. The van der Waals surface area contributed by atoms with Crippen LogP contribution in [0.3, 0.4) is 0 Å². The summed E-state index contributed by atoms with van der Waals surface area (Å²) in [6.45, 7) is 3.50. The molecule has 0 bridgehead atoms. The standard InChI is InChI=1S/C35H33F4N5O3/c1-19-13-35(34(7-8-34)9-10-43(35)15-19)17-46-33-41-29-22(32(42-33)44-11-12-45-16-23-26(38)30(23)44)14-40-28(27(29)39)21-4-2-3-20-5-6-24(37)31(25(20)21)47-18-36/h2-6,14,23,26,30H,1,7-13,15-18H2/t23-,26-,30-,35-/m0/s1/i18D2. The van der Waals surface area contributed by atoms with Crippen LogP contribution in [0.2, 0.25) is 0 Å². The van der Waals surface area contributed by atoms with Crippen LogP contribution in [0.15, 0.2) is 48.7 Å². The second-order valence-corrected chi connectivity index (χ2v) is 13.5. The van der Waals surface area contributed by atoms with Gasteiger partial charge < -0.3 is 19.1 Å². The third-order valence-electron chi connectivity index (χ3n) is 11.1. The molecule has 244 valence electrons. The number of hydrogen-bond acceptors (Lipinski definition) is 8. The highest BCUT2D eigenvalue weighted by Crippen LogP contribution is 2.66. The maximum Gasteiger partial charge on any atom is 0.319 e. The molecule has 5 heterocycles. The van der Waals surface area contributed by atoms with Crippen LogP contribution in [0.1, 0.15) is 28.4 Å². The Kier molecular flexibility index (Phi) is 6.02. The lowest BCUT2D eigenvalue weighted by atomic mass is 9.80. The molecule has 12 heteroatoms. The Hall–Kier alpha value is -4.03. The summed E-state index contributed by atoms with van der Waals surface area (Å²) in [5.41, 5.74) is 0.672. The third kappa shape index (κ3) is 4.29. The summed E-state index contributed by atoms with van der Waals surface area (Å²) in [5, 5.41) is 0.505. The second-order valence-electron chi connectivity index (χ2n) is 13.5. The minimum absolute atomic E-state index is 0.0353. The summed E-state index contributed by atoms with van der Waals surface area (Å²) in [6, 6.07) is 6.48. The zero-order chi connectivity index (χ0) is 33.9. The number of benzene rings is 2. The van der Waals surface area contributed by atoms with Crippen molar-refractivity contribution in [2.45, 2.75) is 43.4 Å². The van der Waals surface area contributed by atoms with Gasteiger partial charge in [0.2, 0.25) is 6.81 Å². The third-order valence-corrected chi connectivity index (χ3v) is 11.1. The van der Waals surface area contributed by atoms with E-state index in [1.807, 2.05) is 0 Å². The Morgan fingerprint density at radius 2 is 1.98 bits per heavy atom. The maximum absolute atomic E-state index is 17.0. The molecule has 3 saturated heterocycles. The minimum atomic E-state index is -3.71.